The zero-order chi connectivity index (χ0) is 24.7. The molecule has 2 aliphatic heterocycles. The first-order chi connectivity index (χ1) is 17.5. The molecule has 1 atom stereocenters. The van der Waals surface area contributed by atoms with Crippen LogP contribution in [0.15, 0.2) is 48.5 Å². The zero-order valence-electron chi connectivity index (χ0n) is 20.2. The lowest BCUT2D eigenvalue weighted by Gasteiger charge is -2.24. The summed E-state index contributed by atoms with van der Waals surface area (Å²) in [5, 5.41) is 3.04. The van der Waals surface area contributed by atoms with E-state index in [0.29, 0.717) is 29.8 Å². The van der Waals surface area contributed by atoms with E-state index in [2.05, 4.69) is 34.5 Å². The minimum absolute atomic E-state index is 0.0862. The Hall–Kier alpha value is -2.19. The van der Waals surface area contributed by atoms with Gasteiger partial charge >= 0.3 is 0 Å². The first kappa shape index (κ1) is 24.2. The SMILES string of the molecule is O=C(NCC1CC(=O)N(c2ccc(C3(CN4CCCC4)CC3)cc2)C1)c1ccc(-c2ccc(Cl)s2)s1. The quantitative estimate of drug-likeness (QED) is 0.379. The Labute approximate surface area is 225 Å². The summed E-state index contributed by atoms with van der Waals surface area (Å²) in [4.78, 5) is 32.8. The minimum atomic E-state index is -0.0862. The number of hydrogen-bond acceptors (Lipinski definition) is 5. The lowest BCUT2D eigenvalue weighted by Crippen LogP contribution is -2.31. The molecule has 0 bridgehead atoms. The van der Waals surface area contributed by atoms with Crippen LogP contribution in [0.4, 0.5) is 5.69 Å². The number of anilines is 1. The molecule has 4 heterocycles. The highest BCUT2D eigenvalue weighted by molar-refractivity contribution is 7.24. The number of halogens is 1. The third-order valence-electron chi connectivity index (χ3n) is 7.77. The molecule has 1 unspecified atom stereocenters. The molecule has 0 spiro atoms. The maximum absolute atomic E-state index is 12.8. The summed E-state index contributed by atoms with van der Waals surface area (Å²) in [7, 11) is 0. The molecule has 3 aromatic rings. The van der Waals surface area contributed by atoms with E-state index in [4.69, 9.17) is 11.6 Å². The van der Waals surface area contributed by atoms with Gasteiger partial charge in [-0.05, 0) is 80.7 Å². The molecule has 1 saturated carbocycles. The Bertz CT molecular complexity index is 1260. The van der Waals surface area contributed by atoms with Crippen LogP contribution in [-0.2, 0) is 10.2 Å². The summed E-state index contributed by atoms with van der Waals surface area (Å²) >= 11 is 9.02. The lowest BCUT2D eigenvalue weighted by molar-refractivity contribution is -0.117. The molecule has 1 N–H and O–H groups in total. The molecule has 3 aliphatic rings. The number of amides is 2. The van der Waals surface area contributed by atoms with Crippen molar-refractivity contribution in [2.75, 3.05) is 37.6 Å². The number of nitrogens with zero attached hydrogens (tertiary/aromatic N) is 2. The maximum Gasteiger partial charge on any atom is 0.261 e. The third-order valence-corrected chi connectivity index (χ3v) is 10.3. The van der Waals surface area contributed by atoms with Crippen LogP contribution in [0.25, 0.3) is 9.75 Å². The van der Waals surface area contributed by atoms with Crippen molar-refractivity contribution in [3.05, 3.63) is 63.3 Å². The van der Waals surface area contributed by atoms with Crippen molar-refractivity contribution in [2.45, 2.75) is 37.5 Å². The van der Waals surface area contributed by atoms with E-state index in [-0.39, 0.29) is 17.7 Å². The fraction of sp³-hybridized carbons (Fsp3) is 0.429. The van der Waals surface area contributed by atoms with Gasteiger partial charge in [0.2, 0.25) is 5.91 Å². The van der Waals surface area contributed by atoms with Crippen LogP contribution in [0.3, 0.4) is 0 Å². The summed E-state index contributed by atoms with van der Waals surface area (Å²) in [6.45, 7) is 4.77. The van der Waals surface area contributed by atoms with E-state index in [1.54, 1.807) is 0 Å². The van der Waals surface area contributed by atoms with Gasteiger partial charge in [-0.25, -0.2) is 0 Å². The van der Waals surface area contributed by atoms with E-state index < -0.39 is 0 Å². The van der Waals surface area contributed by atoms with Crippen LogP contribution in [0, 0.1) is 5.92 Å². The molecule has 1 aromatic carbocycles. The number of nitrogens with one attached hydrogen (secondary N) is 1. The highest BCUT2D eigenvalue weighted by Crippen LogP contribution is 2.49. The number of rotatable bonds is 8. The third kappa shape index (κ3) is 4.99. The van der Waals surface area contributed by atoms with E-state index in [1.165, 1.54) is 73.6 Å². The number of hydrogen-bond donors (Lipinski definition) is 1. The first-order valence-electron chi connectivity index (χ1n) is 12.8. The van der Waals surface area contributed by atoms with Crippen LogP contribution < -0.4 is 10.2 Å². The second-order valence-electron chi connectivity index (χ2n) is 10.4. The summed E-state index contributed by atoms with van der Waals surface area (Å²) in [5.41, 5.74) is 2.70. The Kier molecular flexibility index (Phi) is 6.67. The second-order valence-corrected chi connectivity index (χ2v) is 13.2. The number of carbonyl (C=O) groups excluding carboxylic acids is 2. The molecule has 8 heteroatoms. The molecule has 2 aromatic heterocycles. The molecule has 1 aliphatic carbocycles. The Balaban J connectivity index is 1.04. The summed E-state index contributed by atoms with van der Waals surface area (Å²) in [5.74, 6) is 0.159. The topological polar surface area (TPSA) is 52.7 Å². The van der Waals surface area contributed by atoms with Gasteiger partial charge in [0.15, 0.2) is 0 Å². The van der Waals surface area contributed by atoms with Gasteiger partial charge in [0.05, 0.1) is 9.21 Å². The van der Waals surface area contributed by atoms with Gasteiger partial charge < -0.3 is 15.1 Å². The number of benzene rings is 1. The van der Waals surface area contributed by atoms with Crippen LogP contribution in [0.2, 0.25) is 4.34 Å². The van der Waals surface area contributed by atoms with Gasteiger partial charge in [-0.1, -0.05) is 23.7 Å². The molecule has 0 radical (unpaired) electrons. The molecule has 3 fully saturated rings. The van der Waals surface area contributed by atoms with Gasteiger partial charge in [-0.2, -0.15) is 0 Å². The highest BCUT2D eigenvalue weighted by Gasteiger charge is 2.45. The van der Waals surface area contributed by atoms with Gasteiger partial charge in [-0.3, -0.25) is 9.59 Å². The van der Waals surface area contributed by atoms with E-state index in [0.717, 1.165) is 19.8 Å². The zero-order valence-corrected chi connectivity index (χ0v) is 22.6. The first-order valence-corrected chi connectivity index (χ1v) is 14.8. The van der Waals surface area contributed by atoms with E-state index in [1.807, 2.05) is 29.2 Å². The second kappa shape index (κ2) is 9.93. The Morgan fingerprint density at radius 1 is 1.00 bits per heavy atom. The Morgan fingerprint density at radius 3 is 2.42 bits per heavy atom. The van der Waals surface area contributed by atoms with Gasteiger partial charge in [0, 0.05) is 52.8 Å². The molecule has 2 saturated heterocycles. The maximum atomic E-state index is 12.8. The van der Waals surface area contributed by atoms with Crippen LogP contribution in [0.1, 0.15) is 47.3 Å². The monoisotopic (exact) mass is 539 g/mol. The standard InChI is InChI=1S/C28H30ClN3O2S2/c29-25-10-9-23(36-25)22-7-8-24(35-22)27(34)30-16-19-15-26(33)32(17-19)21-5-3-20(4-6-21)28(11-12-28)18-31-13-1-2-14-31/h3-10,19H,1-2,11-18H2,(H,30,34). The van der Waals surface area contributed by atoms with E-state index >= 15 is 0 Å². The minimum Gasteiger partial charge on any atom is -0.351 e. The van der Waals surface area contributed by atoms with Crippen molar-refractivity contribution in [3.8, 4) is 9.75 Å². The fourth-order valence-electron chi connectivity index (χ4n) is 5.58. The van der Waals surface area contributed by atoms with Crippen molar-refractivity contribution in [3.63, 3.8) is 0 Å². The number of carbonyl (C=O) groups is 2. The average molecular weight is 540 g/mol. The Morgan fingerprint density at radius 2 is 1.72 bits per heavy atom. The average Bonchev–Trinajstić information content (AvgIpc) is 3.38. The van der Waals surface area contributed by atoms with Crippen molar-refractivity contribution in [1.82, 2.24) is 10.2 Å². The highest BCUT2D eigenvalue weighted by atomic mass is 35.5. The molecule has 36 heavy (non-hydrogen) atoms. The van der Waals surface area contributed by atoms with Crippen molar-refractivity contribution in [2.24, 2.45) is 5.92 Å². The number of likely N-dealkylation sites (tertiary alicyclic amines) is 1. The normalized spacial score (nSPS) is 21.3. The van der Waals surface area contributed by atoms with Crippen LogP contribution in [0.5, 0.6) is 0 Å². The van der Waals surface area contributed by atoms with Gasteiger partial charge in [-0.15, -0.1) is 22.7 Å². The largest absolute Gasteiger partial charge is 0.351 e. The predicted molar refractivity (Wildman–Crippen MR) is 148 cm³/mol. The molecule has 6 rings (SSSR count). The summed E-state index contributed by atoms with van der Waals surface area (Å²) in [6, 6.07) is 16.4. The van der Waals surface area contributed by atoms with E-state index in [9.17, 15) is 9.59 Å². The molecule has 188 valence electrons. The molecule has 2 amide bonds. The van der Waals surface area contributed by atoms with Crippen molar-refractivity contribution >= 4 is 51.8 Å². The lowest BCUT2D eigenvalue weighted by atomic mass is 9.95. The summed E-state index contributed by atoms with van der Waals surface area (Å²) < 4.78 is 0.739. The van der Waals surface area contributed by atoms with Crippen molar-refractivity contribution < 1.29 is 9.59 Å². The van der Waals surface area contributed by atoms with Crippen LogP contribution >= 0.6 is 34.3 Å². The van der Waals surface area contributed by atoms with Crippen LogP contribution in [-0.4, -0.2) is 49.4 Å². The van der Waals surface area contributed by atoms with Crippen molar-refractivity contribution in [1.29, 1.82) is 0 Å². The number of thiophene rings is 2. The van der Waals surface area contributed by atoms with Gasteiger partial charge in [0.1, 0.15) is 0 Å². The molecule has 5 nitrogen and oxygen atoms in total. The predicted octanol–water partition coefficient (Wildman–Crippen LogP) is 6.04. The van der Waals surface area contributed by atoms with Gasteiger partial charge in [0.25, 0.3) is 5.91 Å². The fourth-order valence-corrected chi connectivity index (χ4v) is 7.64. The molecular formula is C28H30ClN3O2S2. The smallest absolute Gasteiger partial charge is 0.261 e. The summed E-state index contributed by atoms with van der Waals surface area (Å²) in [6.07, 6.45) is 5.64. The molecular weight excluding hydrogens is 510 g/mol.